The monoisotopic (exact) mass is 403 g/mol. The van der Waals surface area contributed by atoms with Gasteiger partial charge >= 0.3 is 0 Å². The van der Waals surface area contributed by atoms with Gasteiger partial charge in [0, 0.05) is 24.4 Å². The minimum Gasteiger partial charge on any atom is -0.497 e. The zero-order chi connectivity index (χ0) is 19.8. The molecule has 0 N–H and O–H groups in total. The molecule has 0 spiro atoms. The Morgan fingerprint density at radius 1 is 0.897 bits per heavy atom. The zero-order valence-corrected chi connectivity index (χ0v) is 17.9. The lowest BCUT2D eigenvalue weighted by Gasteiger charge is -2.41. The second-order valence-electron chi connectivity index (χ2n) is 7.86. The summed E-state index contributed by atoms with van der Waals surface area (Å²) in [6.07, 6.45) is 2.15. The Bertz CT molecular complexity index is 1020. The van der Waals surface area contributed by atoms with Crippen molar-refractivity contribution >= 4 is 13.5 Å². The molecule has 0 aliphatic carbocycles. The Balaban J connectivity index is 1.37. The molecule has 0 saturated carbocycles. The predicted molar refractivity (Wildman–Crippen MR) is 120 cm³/mol. The molecule has 148 valence electrons. The summed E-state index contributed by atoms with van der Waals surface area (Å²) < 4.78 is 11.7. The van der Waals surface area contributed by atoms with Crippen molar-refractivity contribution in [2.75, 3.05) is 20.3 Å². The van der Waals surface area contributed by atoms with Gasteiger partial charge in [0.25, 0.3) is 0 Å². The van der Waals surface area contributed by atoms with Crippen molar-refractivity contribution in [1.82, 2.24) is 4.90 Å². The summed E-state index contributed by atoms with van der Waals surface area (Å²) in [5.74, 6) is 1.95. The van der Waals surface area contributed by atoms with E-state index in [1.54, 1.807) is 7.11 Å². The first-order valence-electron chi connectivity index (χ1n) is 10.2. The van der Waals surface area contributed by atoms with Crippen molar-refractivity contribution in [2.24, 2.45) is 0 Å². The molecule has 0 radical (unpaired) electrons. The smallest absolute Gasteiger partial charge is 0.124 e. The molecule has 0 aromatic heterocycles. The summed E-state index contributed by atoms with van der Waals surface area (Å²) in [6, 6.07) is 24.2. The van der Waals surface area contributed by atoms with Crippen molar-refractivity contribution in [3.05, 3.63) is 89.0 Å². The fourth-order valence-corrected chi connectivity index (χ4v) is 5.70. The molecule has 0 amide bonds. The average Bonchev–Trinajstić information content (AvgIpc) is 2.77. The standard InChI is InChI=1S/C25H26NO2P/c1-27-21-10-11-24-19(14-21)12-13-26-17-20-15-22(9-8-18(20)16-25(24)26)28-29(2)23-6-4-3-5-7-23/h3-11,14-15,25H,12-13,16-17H2,1-2H3. The Morgan fingerprint density at radius 2 is 1.69 bits per heavy atom. The van der Waals surface area contributed by atoms with Crippen LogP contribution in [0.4, 0.5) is 0 Å². The van der Waals surface area contributed by atoms with E-state index in [0.717, 1.165) is 37.4 Å². The van der Waals surface area contributed by atoms with Crippen LogP contribution in [0.1, 0.15) is 28.3 Å². The molecular weight excluding hydrogens is 377 g/mol. The number of hydrogen-bond acceptors (Lipinski definition) is 3. The Morgan fingerprint density at radius 3 is 2.52 bits per heavy atom. The summed E-state index contributed by atoms with van der Waals surface area (Å²) in [5.41, 5.74) is 5.76. The van der Waals surface area contributed by atoms with Gasteiger partial charge in [0.05, 0.1) is 7.11 Å². The van der Waals surface area contributed by atoms with Crippen LogP contribution in [0.5, 0.6) is 11.5 Å². The van der Waals surface area contributed by atoms with Gasteiger partial charge in [-0.05, 0) is 66.0 Å². The molecule has 3 aromatic rings. The molecule has 29 heavy (non-hydrogen) atoms. The second-order valence-corrected chi connectivity index (χ2v) is 9.55. The highest BCUT2D eigenvalue weighted by atomic mass is 31.1. The number of methoxy groups -OCH3 is 1. The summed E-state index contributed by atoms with van der Waals surface area (Å²) in [7, 11) is 1.10. The number of rotatable bonds is 4. The quantitative estimate of drug-likeness (QED) is 0.567. The van der Waals surface area contributed by atoms with E-state index in [1.165, 1.54) is 27.6 Å². The third-order valence-electron chi connectivity index (χ3n) is 6.14. The summed E-state index contributed by atoms with van der Waals surface area (Å²) >= 11 is 0. The van der Waals surface area contributed by atoms with Crippen molar-refractivity contribution < 1.29 is 9.26 Å². The first-order chi connectivity index (χ1) is 14.2. The maximum Gasteiger partial charge on any atom is 0.124 e. The topological polar surface area (TPSA) is 21.7 Å². The van der Waals surface area contributed by atoms with Crippen LogP contribution < -0.4 is 14.6 Å². The molecule has 2 aliphatic heterocycles. The summed E-state index contributed by atoms with van der Waals surface area (Å²) in [4.78, 5) is 2.62. The van der Waals surface area contributed by atoms with Gasteiger partial charge in [-0.2, -0.15) is 0 Å². The third kappa shape index (κ3) is 3.66. The van der Waals surface area contributed by atoms with Gasteiger partial charge in [0.2, 0.25) is 0 Å². The van der Waals surface area contributed by atoms with E-state index in [0.29, 0.717) is 6.04 Å². The first kappa shape index (κ1) is 18.7. The van der Waals surface area contributed by atoms with Gasteiger partial charge in [0.15, 0.2) is 0 Å². The van der Waals surface area contributed by atoms with Crippen LogP contribution in [-0.4, -0.2) is 25.2 Å². The minimum atomic E-state index is -0.646. The number of fused-ring (bicyclic) bond motifs is 4. The minimum absolute atomic E-state index is 0.469. The van der Waals surface area contributed by atoms with Crippen LogP contribution in [0.25, 0.3) is 0 Å². The highest BCUT2D eigenvalue weighted by Crippen LogP contribution is 2.41. The normalized spacial score (nSPS) is 18.9. The highest BCUT2D eigenvalue weighted by molar-refractivity contribution is 7.60. The largest absolute Gasteiger partial charge is 0.497 e. The van der Waals surface area contributed by atoms with E-state index in [4.69, 9.17) is 9.26 Å². The van der Waals surface area contributed by atoms with Crippen molar-refractivity contribution in [2.45, 2.75) is 25.4 Å². The van der Waals surface area contributed by atoms with E-state index in [9.17, 15) is 0 Å². The van der Waals surface area contributed by atoms with Gasteiger partial charge in [-0.25, -0.2) is 0 Å². The molecule has 2 atom stereocenters. The molecule has 5 rings (SSSR count). The molecule has 3 aromatic carbocycles. The molecule has 4 heteroatoms. The Labute approximate surface area is 174 Å². The SMILES string of the molecule is COc1ccc2c(c1)CCN1Cc3cc(OP(C)c4ccccc4)ccc3CC21. The maximum absolute atomic E-state index is 6.32. The molecule has 0 bridgehead atoms. The fourth-order valence-electron chi connectivity index (χ4n) is 4.58. The van der Waals surface area contributed by atoms with Crippen LogP contribution in [-0.2, 0) is 19.4 Å². The lowest BCUT2D eigenvalue weighted by atomic mass is 9.84. The third-order valence-corrected chi connectivity index (χ3v) is 7.65. The molecule has 2 unspecified atom stereocenters. The van der Waals surface area contributed by atoms with Crippen LogP contribution in [0, 0.1) is 0 Å². The lowest BCUT2D eigenvalue weighted by Crippen LogP contribution is -2.39. The maximum atomic E-state index is 6.32. The second kappa shape index (κ2) is 7.82. The van der Waals surface area contributed by atoms with Gasteiger partial charge in [-0.3, -0.25) is 4.90 Å². The summed E-state index contributed by atoms with van der Waals surface area (Å²) in [5, 5.41) is 1.27. The predicted octanol–water partition coefficient (Wildman–Crippen LogP) is 5.08. The Kier molecular flexibility index (Phi) is 5.03. The van der Waals surface area contributed by atoms with Gasteiger partial charge in [-0.1, -0.05) is 42.5 Å². The highest BCUT2D eigenvalue weighted by Gasteiger charge is 2.32. The lowest BCUT2D eigenvalue weighted by molar-refractivity contribution is 0.160. The van der Waals surface area contributed by atoms with E-state index in [-0.39, 0.29) is 0 Å². The number of nitrogens with zero attached hydrogens (tertiary/aromatic N) is 1. The molecule has 0 fully saturated rings. The number of hydrogen-bond donors (Lipinski definition) is 0. The van der Waals surface area contributed by atoms with Crippen LogP contribution >= 0.6 is 8.15 Å². The first-order valence-corrected chi connectivity index (χ1v) is 11.9. The molecule has 0 saturated heterocycles. The van der Waals surface area contributed by atoms with E-state index in [1.807, 2.05) is 0 Å². The molecule has 2 heterocycles. The van der Waals surface area contributed by atoms with Gasteiger partial charge in [-0.15, -0.1) is 0 Å². The number of ether oxygens (including phenoxy) is 1. The van der Waals surface area contributed by atoms with Crippen LogP contribution in [0.3, 0.4) is 0 Å². The number of benzene rings is 3. The van der Waals surface area contributed by atoms with Crippen molar-refractivity contribution in [3.8, 4) is 11.5 Å². The zero-order valence-electron chi connectivity index (χ0n) is 17.0. The Hall–Kier alpha value is -2.35. The average molecular weight is 403 g/mol. The fraction of sp³-hybridized carbons (Fsp3) is 0.280. The van der Waals surface area contributed by atoms with Crippen molar-refractivity contribution in [3.63, 3.8) is 0 Å². The van der Waals surface area contributed by atoms with Gasteiger partial charge < -0.3 is 9.26 Å². The molecule has 2 aliphatic rings. The summed E-state index contributed by atoms with van der Waals surface area (Å²) in [6.45, 7) is 4.27. The molecule has 3 nitrogen and oxygen atoms in total. The molecular formula is C25H26NO2P. The van der Waals surface area contributed by atoms with Crippen LogP contribution in [0.15, 0.2) is 66.7 Å². The van der Waals surface area contributed by atoms with Crippen molar-refractivity contribution in [1.29, 1.82) is 0 Å². The van der Waals surface area contributed by atoms with E-state index in [2.05, 4.69) is 78.3 Å². The van der Waals surface area contributed by atoms with Crippen LogP contribution in [0.2, 0.25) is 0 Å². The van der Waals surface area contributed by atoms with E-state index < -0.39 is 8.15 Å². The van der Waals surface area contributed by atoms with E-state index >= 15 is 0 Å². The van der Waals surface area contributed by atoms with Gasteiger partial charge in [0.1, 0.15) is 19.6 Å².